The van der Waals surface area contributed by atoms with Crippen molar-refractivity contribution < 1.29 is 66.4 Å². The van der Waals surface area contributed by atoms with Gasteiger partial charge in [0.2, 0.25) is 6.29 Å². The molecule has 37 heavy (non-hydrogen) atoms. The van der Waals surface area contributed by atoms with Gasteiger partial charge >= 0.3 is 37.6 Å². The fraction of sp³-hybridized carbons (Fsp3) is 0.600. The summed E-state index contributed by atoms with van der Waals surface area (Å²) in [6, 6.07) is 0. The number of hydrogen-bond donors (Lipinski definition) is 1. The summed E-state index contributed by atoms with van der Waals surface area (Å²) in [6.07, 6.45) is -6.88. The molecule has 0 aliphatic carbocycles. The van der Waals surface area contributed by atoms with Gasteiger partial charge in [0.15, 0.2) is 24.4 Å². The van der Waals surface area contributed by atoms with Crippen LogP contribution in [0.3, 0.4) is 0 Å². The summed E-state index contributed by atoms with van der Waals surface area (Å²) in [5, 5.41) is 0. The number of rotatable bonds is 10. The Bertz CT molecular complexity index is 1040. The molecular weight excluding hydrogens is 523 g/mol. The van der Waals surface area contributed by atoms with E-state index in [0.29, 0.717) is 4.34 Å². The Labute approximate surface area is 210 Å². The molecular formula is C20H27N2O14P. The highest BCUT2D eigenvalue weighted by atomic mass is 31.2. The average molecular weight is 550 g/mol. The quantitative estimate of drug-likeness (QED) is 0.229. The predicted molar refractivity (Wildman–Crippen MR) is 116 cm³/mol. The second kappa shape index (κ2) is 12.8. The maximum Gasteiger partial charge on any atom is 0.440 e. The van der Waals surface area contributed by atoms with Crippen LogP contribution in [0.1, 0.15) is 34.6 Å². The number of imidazole rings is 1. The first kappa shape index (κ1) is 29.9. The molecule has 0 aromatic carbocycles. The van der Waals surface area contributed by atoms with Crippen LogP contribution in [0.2, 0.25) is 0 Å². The first-order valence-corrected chi connectivity index (χ1v) is 12.2. The molecule has 0 amide bonds. The van der Waals surface area contributed by atoms with Crippen LogP contribution in [0.25, 0.3) is 0 Å². The van der Waals surface area contributed by atoms with Gasteiger partial charge < -0.3 is 33.3 Å². The number of aromatic nitrogens is 2. The predicted octanol–water partition coefficient (Wildman–Crippen LogP) is -0.137. The molecule has 17 heteroatoms. The zero-order chi connectivity index (χ0) is 27.9. The first-order valence-electron chi connectivity index (χ1n) is 10.7. The smallest absolute Gasteiger partial charge is 0.440 e. The van der Waals surface area contributed by atoms with Gasteiger partial charge in [-0.15, -0.1) is 0 Å². The molecule has 1 N–H and O–H groups in total. The number of ether oxygens (including phenoxy) is 6. The van der Waals surface area contributed by atoms with Gasteiger partial charge in [-0.2, -0.15) is 0 Å². The number of carbonyl (C=O) groups excluding carboxylic acids is 5. The van der Waals surface area contributed by atoms with Crippen LogP contribution in [0.4, 0.5) is 0 Å². The van der Waals surface area contributed by atoms with E-state index in [2.05, 4.69) is 4.98 Å². The van der Waals surface area contributed by atoms with Gasteiger partial charge in [0, 0.05) is 47.0 Å². The second-order valence-electron chi connectivity index (χ2n) is 7.68. The van der Waals surface area contributed by atoms with E-state index < -0.39 is 81.0 Å². The molecule has 0 spiro atoms. The summed E-state index contributed by atoms with van der Waals surface area (Å²) in [5.74, 6) is -4.40. The van der Waals surface area contributed by atoms with Crippen LogP contribution in [0, 0.1) is 0 Å². The van der Waals surface area contributed by atoms with Crippen molar-refractivity contribution >= 4 is 37.6 Å². The zero-order valence-corrected chi connectivity index (χ0v) is 21.4. The molecule has 1 aliphatic heterocycles. The third-order valence-corrected chi connectivity index (χ3v) is 5.90. The van der Waals surface area contributed by atoms with Crippen LogP contribution >= 0.6 is 7.75 Å². The monoisotopic (exact) mass is 550 g/mol. The van der Waals surface area contributed by atoms with Gasteiger partial charge in [-0.3, -0.25) is 28.5 Å². The molecule has 206 valence electrons. The molecule has 1 aromatic heterocycles. The molecule has 1 fully saturated rings. The standard InChI is InChI=1S/C20H27N2O14P/c1-10(23)30-8-15(31-11(2)24)16-17(32-12(3)25)18(33-13(4)26)19(34-14(5)27)20(35-16)36-37(28,29)22-7-6-21-9-22/h6-7,9,15-20H,8H2,1-5H3,(H,28,29)/t15?,16-,17-,18+,19+,20+/m1/s1. The molecule has 7 atom stereocenters. The van der Waals surface area contributed by atoms with Gasteiger partial charge in [0.1, 0.15) is 19.0 Å². The lowest BCUT2D eigenvalue weighted by Gasteiger charge is -2.45. The van der Waals surface area contributed by atoms with E-state index in [9.17, 15) is 33.4 Å². The Kier molecular flexibility index (Phi) is 10.3. The van der Waals surface area contributed by atoms with Gasteiger partial charge in [-0.25, -0.2) is 13.9 Å². The number of carbonyl (C=O) groups is 5. The SMILES string of the molecule is CC(=O)OCC(OC(C)=O)[C@H]1O[C@@H](OP(=O)(O)n2ccnc2)[C@@H](OC(C)=O)[C@@H](OC(C)=O)[C@@H]1OC(C)=O. The van der Waals surface area contributed by atoms with Gasteiger partial charge in [0.25, 0.3) is 0 Å². The molecule has 16 nitrogen and oxygen atoms in total. The maximum atomic E-state index is 12.9. The highest BCUT2D eigenvalue weighted by molar-refractivity contribution is 7.51. The topological polar surface area (TPSA) is 205 Å². The number of esters is 5. The molecule has 2 rings (SSSR count). The van der Waals surface area contributed by atoms with Crippen molar-refractivity contribution in [3.8, 4) is 0 Å². The van der Waals surface area contributed by atoms with Crippen LogP contribution in [0.5, 0.6) is 0 Å². The maximum absolute atomic E-state index is 12.9. The normalized spacial score (nSPS) is 25.6. The van der Waals surface area contributed by atoms with Gasteiger partial charge in [0.05, 0.1) is 0 Å². The molecule has 0 bridgehead atoms. The van der Waals surface area contributed by atoms with Gasteiger partial charge in [-0.1, -0.05) is 0 Å². The Morgan fingerprint density at radius 2 is 1.49 bits per heavy atom. The Hall–Kier alpha value is -3.33. The minimum Gasteiger partial charge on any atom is -0.462 e. The highest BCUT2D eigenvalue weighted by Gasteiger charge is 2.57. The lowest BCUT2D eigenvalue weighted by Crippen LogP contribution is -2.65. The van der Waals surface area contributed by atoms with E-state index in [1.165, 1.54) is 6.20 Å². The molecule has 2 unspecified atom stereocenters. The summed E-state index contributed by atoms with van der Waals surface area (Å²) in [6.45, 7) is 4.50. The van der Waals surface area contributed by atoms with Crippen molar-refractivity contribution in [2.75, 3.05) is 6.61 Å². The lowest BCUT2D eigenvalue weighted by atomic mass is 9.94. The molecule has 0 saturated carbocycles. The third-order valence-electron chi connectivity index (χ3n) is 4.60. The summed E-state index contributed by atoms with van der Waals surface area (Å²) >= 11 is 0. The molecule has 2 heterocycles. The largest absolute Gasteiger partial charge is 0.462 e. The van der Waals surface area contributed by atoms with E-state index >= 15 is 0 Å². The van der Waals surface area contributed by atoms with Crippen molar-refractivity contribution in [1.29, 1.82) is 0 Å². The Morgan fingerprint density at radius 3 is 1.97 bits per heavy atom. The highest BCUT2D eigenvalue weighted by Crippen LogP contribution is 2.47. The van der Waals surface area contributed by atoms with Crippen LogP contribution in [0.15, 0.2) is 18.7 Å². The minimum atomic E-state index is -4.77. The summed E-state index contributed by atoms with van der Waals surface area (Å²) < 4.78 is 50.5. The van der Waals surface area contributed by atoms with Crippen LogP contribution in [-0.2, 0) is 61.5 Å². The molecule has 0 radical (unpaired) electrons. The minimum absolute atomic E-state index is 0.618. The van der Waals surface area contributed by atoms with Crippen molar-refractivity contribution in [2.24, 2.45) is 0 Å². The fourth-order valence-corrected chi connectivity index (χ4v) is 4.36. The Balaban J connectivity index is 2.62. The van der Waals surface area contributed by atoms with Gasteiger partial charge in [-0.05, 0) is 0 Å². The van der Waals surface area contributed by atoms with E-state index in [0.717, 1.165) is 47.1 Å². The van der Waals surface area contributed by atoms with Crippen LogP contribution in [-0.4, -0.2) is 87.5 Å². The fourth-order valence-electron chi connectivity index (χ4n) is 3.39. The van der Waals surface area contributed by atoms with E-state index in [-0.39, 0.29) is 0 Å². The first-order chi connectivity index (χ1) is 17.2. The third kappa shape index (κ3) is 8.63. The van der Waals surface area contributed by atoms with Crippen molar-refractivity contribution in [3.05, 3.63) is 18.7 Å². The van der Waals surface area contributed by atoms with Crippen molar-refractivity contribution in [1.82, 2.24) is 9.32 Å². The van der Waals surface area contributed by atoms with E-state index in [1.807, 2.05) is 0 Å². The molecule has 1 saturated heterocycles. The molecule has 1 aliphatic rings. The average Bonchev–Trinajstić information content (AvgIpc) is 3.30. The summed E-state index contributed by atoms with van der Waals surface area (Å²) in [7, 11) is -4.77. The Morgan fingerprint density at radius 1 is 0.919 bits per heavy atom. The number of hydrogen-bond acceptors (Lipinski definition) is 14. The lowest BCUT2D eigenvalue weighted by molar-refractivity contribution is -0.300. The van der Waals surface area contributed by atoms with Crippen molar-refractivity contribution in [3.63, 3.8) is 0 Å². The second-order valence-corrected chi connectivity index (χ2v) is 9.33. The van der Waals surface area contributed by atoms with Crippen molar-refractivity contribution in [2.45, 2.75) is 71.4 Å². The molecule has 1 aromatic rings. The van der Waals surface area contributed by atoms with E-state index in [4.69, 9.17) is 32.9 Å². The van der Waals surface area contributed by atoms with E-state index in [1.54, 1.807) is 0 Å². The summed E-state index contributed by atoms with van der Waals surface area (Å²) in [5.41, 5.74) is 0. The number of nitrogens with zero attached hydrogens (tertiary/aromatic N) is 2. The summed E-state index contributed by atoms with van der Waals surface area (Å²) in [4.78, 5) is 73.2. The van der Waals surface area contributed by atoms with Crippen LogP contribution < -0.4 is 0 Å². The zero-order valence-electron chi connectivity index (χ0n) is 20.5.